The Kier molecular flexibility index (Phi) is 9.95. The first-order chi connectivity index (χ1) is 19.5. The number of benzene rings is 2. The predicted molar refractivity (Wildman–Crippen MR) is 145 cm³/mol. The van der Waals surface area contributed by atoms with E-state index >= 15 is 0 Å². The van der Waals surface area contributed by atoms with Crippen LogP contribution in [0.4, 0.5) is 17.6 Å². The van der Waals surface area contributed by atoms with Gasteiger partial charge in [0.1, 0.15) is 12.4 Å². The number of methoxy groups -OCH3 is 1. The van der Waals surface area contributed by atoms with Crippen molar-refractivity contribution in [2.75, 3.05) is 26.9 Å². The minimum absolute atomic E-state index is 0.0294. The lowest BCUT2D eigenvalue weighted by Crippen LogP contribution is -2.51. The van der Waals surface area contributed by atoms with Crippen molar-refractivity contribution in [1.82, 2.24) is 15.3 Å². The average Bonchev–Trinajstić information content (AvgIpc) is 3.35. The molecule has 0 saturated carbocycles. The molecule has 220 valence electrons. The number of hydrogen-bond acceptors (Lipinski definition) is 6. The third-order valence-electron chi connectivity index (χ3n) is 6.17. The Morgan fingerprint density at radius 2 is 1.76 bits per heavy atom. The minimum atomic E-state index is -5.23. The number of halogens is 4. The van der Waals surface area contributed by atoms with E-state index in [-0.39, 0.29) is 36.0 Å². The summed E-state index contributed by atoms with van der Waals surface area (Å²) in [6.07, 6.45) is -3.65. The van der Waals surface area contributed by atoms with Crippen LogP contribution in [0, 0.1) is 12.7 Å². The maximum atomic E-state index is 14.4. The maximum absolute atomic E-state index is 14.4. The molecule has 0 radical (unpaired) electrons. The van der Waals surface area contributed by atoms with Gasteiger partial charge in [0.05, 0.1) is 37.2 Å². The molecule has 2 aromatic carbocycles. The molecule has 0 fully saturated rings. The van der Waals surface area contributed by atoms with Crippen molar-refractivity contribution >= 4 is 16.8 Å². The van der Waals surface area contributed by atoms with Crippen LogP contribution in [-0.2, 0) is 5.60 Å². The van der Waals surface area contributed by atoms with Crippen molar-refractivity contribution in [1.29, 1.82) is 0 Å². The van der Waals surface area contributed by atoms with Crippen molar-refractivity contribution in [2.24, 2.45) is 0 Å². The fraction of sp³-hybridized carbons (Fsp3) is 0.310. The summed E-state index contributed by atoms with van der Waals surface area (Å²) < 4.78 is 67.1. The second-order valence-corrected chi connectivity index (χ2v) is 8.74. The van der Waals surface area contributed by atoms with Crippen molar-refractivity contribution in [3.8, 4) is 22.8 Å². The summed E-state index contributed by atoms with van der Waals surface area (Å²) in [6.45, 7) is 4.14. The smallest absolute Gasteiger partial charge is 0.424 e. The Hall–Kier alpha value is -4.16. The molecule has 4 N–H and O–H groups in total. The number of pyridine rings is 1. The van der Waals surface area contributed by atoms with Gasteiger partial charge in [0, 0.05) is 22.7 Å². The first-order valence-electron chi connectivity index (χ1n) is 12.7. The van der Waals surface area contributed by atoms with Gasteiger partial charge < -0.3 is 30.0 Å². The molecular formula is C29H31F4N3O5. The maximum Gasteiger partial charge on any atom is 0.424 e. The third kappa shape index (κ3) is 6.60. The summed E-state index contributed by atoms with van der Waals surface area (Å²) in [6, 6.07) is 10.1. The minimum Gasteiger partial charge on any atom is -0.493 e. The Morgan fingerprint density at radius 3 is 2.37 bits per heavy atom. The van der Waals surface area contributed by atoms with Gasteiger partial charge in [-0.05, 0) is 61.0 Å². The number of carbonyl (C=O) groups is 1. The van der Waals surface area contributed by atoms with Crippen molar-refractivity contribution in [3.05, 3.63) is 77.4 Å². The highest BCUT2D eigenvalue weighted by atomic mass is 19.4. The number of ether oxygens (including phenoxy) is 2. The zero-order valence-electron chi connectivity index (χ0n) is 22.9. The number of carbonyl (C=O) groups excluding carboxylic acids is 1. The fourth-order valence-corrected chi connectivity index (χ4v) is 4.02. The van der Waals surface area contributed by atoms with Crippen LogP contribution in [-0.4, -0.2) is 59.1 Å². The van der Waals surface area contributed by atoms with Gasteiger partial charge in [-0.15, -0.1) is 0 Å². The molecule has 0 bridgehead atoms. The first-order valence-corrected chi connectivity index (χ1v) is 12.7. The van der Waals surface area contributed by atoms with E-state index in [0.29, 0.717) is 22.0 Å². The summed E-state index contributed by atoms with van der Waals surface area (Å²) in [5, 5.41) is 22.5. The van der Waals surface area contributed by atoms with Gasteiger partial charge in [-0.25, -0.2) is 9.37 Å². The zero-order valence-corrected chi connectivity index (χ0v) is 22.9. The number of aliphatic hydroxyl groups excluding tert-OH is 1. The van der Waals surface area contributed by atoms with Crippen LogP contribution in [0.25, 0.3) is 22.2 Å². The van der Waals surface area contributed by atoms with Crippen LogP contribution in [0.5, 0.6) is 11.5 Å². The standard InChI is InChI=1S/C27H25F4N3O5.C2H6/c1-15-13-32-24-19(15)12-22(34-23(24)16-3-6-18(28)7-4-16)26(37,27(29,30)31)14-33-25(36)17-5-8-20(39-10-9-35)21(11-17)38-2;1-2/h3-8,11-13,32,35,37H,9-10,14H2,1-2H3,(H,33,36);1-2H3. The highest BCUT2D eigenvalue weighted by Gasteiger charge is 2.56. The van der Waals surface area contributed by atoms with E-state index in [4.69, 9.17) is 14.6 Å². The first kappa shape index (κ1) is 31.4. The van der Waals surface area contributed by atoms with Crippen LogP contribution in [0.2, 0.25) is 0 Å². The van der Waals surface area contributed by atoms with Crippen LogP contribution in [0.1, 0.15) is 35.5 Å². The van der Waals surface area contributed by atoms with Gasteiger partial charge in [0.2, 0.25) is 5.60 Å². The lowest BCUT2D eigenvalue weighted by Gasteiger charge is -2.30. The van der Waals surface area contributed by atoms with Gasteiger partial charge in [-0.1, -0.05) is 13.8 Å². The lowest BCUT2D eigenvalue weighted by molar-refractivity contribution is -0.265. The molecule has 4 rings (SSSR count). The van der Waals surface area contributed by atoms with E-state index in [9.17, 15) is 27.5 Å². The molecule has 4 aromatic rings. The molecule has 12 heteroatoms. The van der Waals surface area contributed by atoms with Gasteiger partial charge >= 0.3 is 6.18 Å². The summed E-state index contributed by atoms with van der Waals surface area (Å²) in [4.78, 5) is 19.9. The van der Waals surface area contributed by atoms with E-state index in [1.807, 2.05) is 13.8 Å². The van der Waals surface area contributed by atoms with E-state index in [1.165, 1.54) is 37.4 Å². The van der Waals surface area contributed by atoms with Crippen molar-refractivity contribution in [3.63, 3.8) is 0 Å². The predicted octanol–water partition coefficient (Wildman–Crippen LogP) is 5.26. The van der Waals surface area contributed by atoms with Crippen LogP contribution in [0.3, 0.4) is 0 Å². The number of rotatable bonds is 9. The van der Waals surface area contributed by atoms with Gasteiger partial charge in [0.25, 0.3) is 5.91 Å². The summed E-state index contributed by atoms with van der Waals surface area (Å²) in [5.74, 6) is -1.10. The molecule has 2 aromatic heterocycles. The highest BCUT2D eigenvalue weighted by Crippen LogP contribution is 2.41. The number of alkyl halides is 3. The second kappa shape index (κ2) is 13.0. The van der Waals surface area contributed by atoms with Crippen LogP contribution < -0.4 is 14.8 Å². The molecular weight excluding hydrogens is 546 g/mol. The molecule has 0 aliphatic carbocycles. The largest absolute Gasteiger partial charge is 0.493 e. The topological polar surface area (TPSA) is 117 Å². The van der Waals surface area contributed by atoms with E-state index < -0.39 is 35.7 Å². The fourth-order valence-electron chi connectivity index (χ4n) is 4.02. The number of aliphatic hydroxyl groups is 2. The summed E-state index contributed by atoms with van der Waals surface area (Å²) >= 11 is 0. The molecule has 0 spiro atoms. The van der Waals surface area contributed by atoms with Gasteiger partial charge in [-0.3, -0.25) is 4.79 Å². The number of nitrogens with one attached hydrogen (secondary N) is 2. The van der Waals surface area contributed by atoms with Crippen molar-refractivity contribution < 1.29 is 42.0 Å². The molecule has 0 aliphatic rings. The number of aromatic nitrogens is 2. The molecule has 2 heterocycles. The number of fused-ring (bicyclic) bond motifs is 1. The molecule has 0 saturated heterocycles. The number of nitrogens with zero attached hydrogens (tertiary/aromatic N) is 1. The molecule has 8 nitrogen and oxygen atoms in total. The van der Waals surface area contributed by atoms with Crippen molar-refractivity contribution in [2.45, 2.75) is 32.5 Å². The Morgan fingerprint density at radius 1 is 1.07 bits per heavy atom. The van der Waals surface area contributed by atoms with Gasteiger partial charge in [-0.2, -0.15) is 13.2 Å². The lowest BCUT2D eigenvalue weighted by atomic mass is 9.95. The zero-order chi connectivity index (χ0) is 30.4. The Bertz CT molecular complexity index is 1490. The molecule has 0 aliphatic heterocycles. The number of hydrogen-bond donors (Lipinski definition) is 4. The SMILES string of the molecule is CC.COc1cc(C(=O)NCC(O)(c2cc3c(C)c[nH]c3c(-c3ccc(F)cc3)n2)C(F)(F)F)ccc1OCCO. The highest BCUT2D eigenvalue weighted by molar-refractivity contribution is 5.95. The van der Waals surface area contributed by atoms with E-state index in [1.54, 1.807) is 13.1 Å². The van der Waals surface area contributed by atoms with E-state index in [0.717, 1.165) is 18.2 Å². The monoisotopic (exact) mass is 577 g/mol. The van der Waals surface area contributed by atoms with Crippen LogP contribution in [0.15, 0.2) is 54.7 Å². The molecule has 1 atom stereocenters. The Labute approximate surface area is 234 Å². The number of amides is 1. The van der Waals surface area contributed by atoms with Gasteiger partial charge in [0.15, 0.2) is 11.5 Å². The average molecular weight is 578 g/mol. The molecule has 1 amide bonds. The summed E-state index contributed by atoms with van der Waals surface area (Å²) in [5.41, 5.74) is -2.95. The van der Waals surface area contributed by atoms with E-state index in [2.05, 4.69) is 15.3 Å². The van der Waals surface area contributed by atoms with Crippen LogP contribution >= 0.6 is 0 Å². The third-order valence-corrected chi connectivity index (χ3v) is 6.17. The second-order valence-electron chi connectivity index (χ2n) is 8.74. The molecule has 1 unspecified atom stereocenters. The number of aryl methyl sites for hydroxylation is 1. The number of H-pyrrole nitrogens is 1. The normalized spacial score (nSPS) is 12.7. The number of aromatic amines is 1. The Balaban J connectivity index is 0.00000226. The summed E-state index contributed by atoms with van der Waals surface area (Å²) in [7, 11) is 1.31. The quantitative estimate of drug-likeness (QED) is 0.202. The molecule has 41 heavy (non-hydrogen) atoms.